The van der Waals surface area contributed by atoms with Crippen LogP contribution in [-0.4, -0.2) is 28.9 Å². The van der Waals surface area contributed by atoms with Crippen LogP contribution in [0.1, 0.15) is 34.6 Å². The summed E-state index contributed by atoms with van der Waals surface area (Å²) in [4.78, 5) is 11.2. The average molecular weight is 213 g/mol. The molecule has 0 saturated heterocycles. The number of ether oxygens (including phenoxy) is 1. The Morgan fingerprint density at radius 3 is 2.33 bits per heavy atom. The first-order valence-corrected chi connectivity index (χ1v) is 4.79. The van der Waals surface area contributed by atoms with E-state index in [4.69, 9.17) is 4.74 Å². The molecule has 0 aromatic heterocycles. The molecule has 0 aromatic carbocycles. The zero-order valence-electron chi connectivity index (χ0n) is 9.97. The molecule has 4 nitrogen and oxygen atoms in total. The number of amides is 1. The van der Waals surface area contributed by atoms with Crippen molar-refractivity contribution in [2.75, 3.05) is 6.54 Å². The van der Waals surface area contributed by atoms with E-state index in [1.807, 2.05) is 0 Å². The number of alkyl carbamates (subject to hydrolysis) is 1. The normalized spacial score (nSPS) is 14.5. The SMILES string of the molecule is CC#CC(C)(O)CNC(=O)OC(C)(C)C. The fourth-order valence-corrected chi connectivity index (χ4v) is 0.872. The average Bonchev–Trinajstić information content (AvgIpc) is 1.98. The van der Waals surface area contributed by atoms with Gasteiger partial charge in [-0.25, -0.2) is 4.79 Å². The summed E-state index contributed by atoms with van der Waals surface area (Å²) in [6.07, 6.45) is -0.555. The monoisotopic (exact) mass is 213 g/mol. The van der Waals surface area contributed by atoms with Crippen LogP contribution < -0.4 is 5.32 Å². The maximum Gasteiger partial charge on any atom is 0.407 e. The Morgan fingerprint density at radius 2 is 1.93 bits per heavy atom. The Kier molecular flexibility index (Phi) is 4.63. The topological polar surface area (TPSA) is 58.6 Å². The lowest BCUT2D eigenvalue weighted by molar-refractivity contribution is 0.0457. The minimum Gasteiger partial charge on any atom is -0.444 e. The lowest BCUT2D eigenvalue weighted by atomic mass is 10.1. The molecule has 0 saturated carbocycles. The number of carbonyl (C=O) groups is 1. The zero-order valence-corrected chi connectivity index (χ0v) is 9.97. The van der Waals surface area contributed by atoms with E-state index in [0.29, 0.717) is 0 Å². The smallest absolute Gasteiger partial charge is 0.407 e. The molecule has 0 aliphatic rings. The molecule has 0 aromatic rings. The molecular formula is C11H19NO3. The van der Waals surface area contributed by atoms with Gasteiger partial charge in [0.05, 0.1) is 6.54 Å². The van der Waals surface area contributed by atoms with E-state index in [1.54, 1.807) is 27.7 Å². The molecule has 0 rings (SSSR count). The molecule has 1 unspecified atom stereocenters. The largest absolute Gasteiger partial charge is 0.444 e. The Labute approximate surface area is 91.0 Å². The van der Waals surface area contributed by atoms with Crippen molar-refractivity contribution in [2.24, 2.45) is 0 Å². The van der Waals surface area contributed by atoms with Crippen molar-refractivity contribution in [3.63, 3.8) is 0 Å². The maximum absolute atomic E-state index is 11.2. The molecule has 0 aliphatic heterocycles. The first-order valence-electron chi connectivity index (χ1n) is 4.79. The molecule has 1 atom stereocenters. The van der Waals surface area contributed by atoms with Crippen molar-refractivity contribution in [3.05, 3.63) is 0 Å². The van der Waals surface area contributed by atoms with E-state index in [2.05, 4.69) is 17.2 Å². The van der Waals surface area contributed by atoms with Gasteiger partial charge in [-0.05, 0) is 34.6 Å². The van der Waals surface area contributed by atoms with Crippen LogP contribution in [0.2, 0.25) is 0 Å². The number of aliphatic hydroxyl groups is 1. The minimum atomic E-state index is -1.22. The third-order valence-corrected chi connectivity index (χ3v) is 1.37. The molecule has 1 amide bonds. The van der Waals surface area contributed by atoms with Gasteiger partial charge >= 0.3 is 6.09 Å². The highest BCUT2D eigenvalue weighted by Gasteiger charge is 2.21. The summed E-state index contributed by atoms with van der Waals surface area (Å²) in [5, 5.41) is 12.1. The standard InChI is InChI=1S/C11H19NO3/c1-6-7-11(5,14)8-12-9(13)15-10(2,3)4/h14H,8H2,1-5H3,(H,12,13). The Morgan fingerprint density at radius 1 is 1.40 bits per heavy atom. The number of nitrogens with one attached hydrogen (secondary N) is 1. The van der Waals surface area contributed by atoms with Crippen LogP contribution in [0.15, 0.2) is 0 Å². The molecule has 2 N–H and O–H groups in total. The van der Waals surface area contributed by atoms with Crippen molar-refractivity contribution in [3.8, 4) is 11.8 Å². The third-order valence-electron chi connectivity index (χ3n) is 1.37. The number of rotatable bonds is 2. The molecule has 0 fully saturated rings. The first-order chi connectivity index (χ1) is 6.66. The summed E-state index contributed by atoms with van der Waals surface area (Å²) < 4.78 is 5.00. The van der Waals surface area contributed by atoms with Gasteiger partial charge < -0.3 is 15.2 Å². The van der Waals surface area contributed by atoms with Gasteiger partial charge in [0, 0.05) is 0 Å². The van der Waals surface area contributed by atoms with Crippen LogP contribution in [0, 0.1) is 11.8 Å². The van der Waals surface area contributed by atoms with Crippen LogP contribution in [0.4, 0.5) is 4.79 Å². The van der Waals surface area contributed by atoms with Crippen LogP contribution in [0.25, 0.3) is 0 Å². The summed E-state index contributed by atoms with van der Waals surface area (Å²) in [7, 11) is 0. The predicted octanol–water partition coefficient (Wildman–Crippen LogP) is 1.29. The van der Waals surface area contributed by atoms with Crippen LogP contribution in [0.5, 0.6) is 0 Å². The lowest BCUT2D eigenvalue weighted by Gasteiger charge is -2.22. The maximum atomic E-state index is 11.2. The van der Waals surface area contributed by atoms with Crippen LogP contribution in [-0.2, 0) is 4.74 Å². The van der Waals surface area contributed by atoms with Crippen molar-refractivity contribution < 1.29 is 14.6 Å². The van der Waals surface area contributed by atoms with Crippen LogP contribution in [0.3, 0.4) is 0 Å². The second-order valence-electron chi connectivity index (χ2n) is 4.50. The highest BCUT2D eigenvalue weighted by molar-refractivity contribution is 5.67. The number of hydrogen-bond donors (Lipinski definition) is 2. The highest BCUT2D eigenvalue weighted by atomic mass is 16.6. The number of carbonyl (C=O) groups excluding carboxylic acids is 1. The zero-order chi connectivity index (χ0) is 12.1. The molecule has 86 valence electrons. The fraction of sp³-hybridized carbons (Fsp3) is 0.727. The Hall–Kier alpha value is -1.21. The van der Waals surface area contributed by atoms with Gasteiger partial charge in [-0.2, -0.15) is 0 Å². The van der Waals surface area contributed by atoms with Crippen LogP contribution >= 0.6 is 0 Å². The Bertz CT molecular complexity index is 278. The molecular weight excluding hydrogens is 194 g/mol. The summed E-state index contributed by atoms with van der Waals surface area (Å²) in [6.45, 7) is 8.52. The van der Waals surface area contributed by atoms with Crippen molar-refractivity contribution in [1.29, 1.82) is 0 Å². The third kappa shape index (κ3) is 7.83. The summed E-state index contributed by atoms with van der Waals surface area (Å²) in [5.74, 6) is 5.16. The highest BCUT2D eigenvalue weighted by Crippen LogP contribution is 2.07. The van der Waals surface area contributed by atoms with E-state index in [1.165, 1.54) is 6.92 Å². The molecule has 0 heterocycles. The second-order valence-corrected chi connectivity index (χ2v) is 4.50. The lowest BCUT2D eigenvalue weighted by Crippen LogP contribution is -2.41. The second kappa shape index (κ2) is 5.04. The first kappa shape index (κ1) is 13.8. The van der Waals surface area contributed by atoms with Gasteiger partial charge in [-0.15, -0.1) is 5.92 Å². The molecule has 0 radical (unpaired) electrons. The molecule has 4 heteroatoms. The molecule has 0 bridgehead atoms. The fourth-order valence-electron chi connectivity index (χ4n) is 0.872. The van der Waals surface area contributed by atoms with Crippen molar-refractivity contribution in [1.82, 2.24) is 5.32 Å². The van der Waals surface area contributed by atoms with Gasteiger partial charge in [0.15, 0.2) is 0 Å². The molecule has 15 heavy (non-hydrogen) atoms. The Balaban J connectivity index is 4.05. The quantitative estimate of drug-likeness (QED) is 0.679. The number of hydrogen-bond acceptors (Lipinski definition) is 3. The van der Waals surface area contributed by atoms with Crippen molar-refractivity contribution >= 4 is 6.09 Å². The summed E-state index contributed by atoms with van der Waals surface area (Å²) in [5.41, 5.74) is -1.75. The summed E-state index contributed by atoms with van der Waals surface area (Å²) in [6, 6.07) is 0. The van der Waals surface area contributed by atoms with Gasteiger partial charge in [0.1, 0.15) is 11.2 Å². The van der Waals surface area contributed by atoms with Gasteiger partial charge in [0.2, 0.25) is 0 Å². The van der Waals surface area contributed by atoms with Crippen molar-refractivity contribution in [2.45, 2.75) is 45.8 Å². The van der Waals surface area contributed by atoms with E-state index in [0.717, 1.165) is 0 Å². The minimum absolute atomic E-state index is 0.0444. The van der Waals surface area contributed by atoms with E-state index in [9.17, 15) is 9.90 Å². The molecule has 0 aliphatic carbocycles. The van der Waals surface area contributed by atoms with Gasteiger partial charge in [0.25, 0.3) is 0 Å². The van der Waals surface area contributed by atoms with E-state index in [-0.39, 0.29) is 6.54 Å². The van der Waals surface area contributed by atoms with Gasteiger partial charge in [-0.3, -0.25) is 0 Å². The predicted molar refractivity (Wildman–Crippen MR) is 58.3 cm³/mol. The molecule has 0 spiro atoms. The van der Waals surface area contributed by atoms with E-state index >= 15 is 0 Å². The summed E-state index contributed by atoms with van der Waals surface area (Å²) >= 11 is 0. The van der Waals surface area contributed by atoms with Gasteiger partial charge in [-0.1, -0.05) is 5.92 Å². The van der Waals surface area contributed by atoms with E-state index < -0.39 is 17.3 Å².